The maximum absolute atomic E-state index is 5.21. The second kappa shape index (κ2) is 13.4. The third kappa shape index (κ3) is 5.51. The third-order valence-corrected chi connectivity index (χ3v) is 10.3. The molecule has 0 saturated heterocycles. The third-order valence-electron chi connectivity index (χ3n) is 10.3. The summed E-state index contributed by atoms with van der Waals surface area (Å²) in [6, 6.07) is 70.5. The highest BCUT2D eigenvalue weighted by Crippen LogP contribution is 2.46. The quantitative estimate of drug-likeness (QED) is 0.163. The first-order valence-corrected chi connectivity index (χ1v) is 18.3. The predicted molar refractivity (Wildman–Crippen MR) is 225 cm³/mol. The summed E-state index contributed by atoms with van der Waals surface area (Å²) in [5, 5.41) is 7.15. The minimum absolute atomic E-state index is 0.637. The van der Waals surface area contributed by atoms with Gasteiger partial charge in [0.05, 0.1) is 0 Å². The van der Waals surface area contributed by atoms with Crippen LogP contribution < -0.4 is 0 Å². The SMILES string of the molecule is c1ccc(-c2cccc(-c3nc(-c4ccccc4)nc(-c4ccc(-c5c6ccccc6c(-c6ccccc6)c6ccccc56)c5ccccc45)n3)c2)cc1. The van der Waals surface area contributed by atoms with Gasteiger partial charge < -0.3 is 0 Å². The Labute approximate surface area is 313 Å². The fourth-order valence-electron chi connectivity index (χ4n) is 7.86. The molecule has 0 aliphatic carbocycles. The van der Waals surface area contributed by atoms with E-state index in [4.69, 9.17) is 15.0 Å². The first-order valence-electron chi connectivity index (χ1n) is 18.3. The van der Waals surface area contributed by atoms with Crippen molar-refractivity contribution in [2.24, 2.45) is 0 Å². The Morgan fingerprint density at radius 3 is 1.20 bits per heavy atom. The molecular formula is C51H33N3. The summed E-state index contributed by atoms with van der Waals surface area (Å²) in [6.45, 7) is 0. The molecule has 10 rings (SSSR count). The van der Waals surface area contributed by atoms with E-state index in [1.54, 1.807) is 0 Å². The molecule has 0 aliphatic rings. The maximum Gasteiger partial charge on any atom is 0.164 e. The molecule has 0 amide bonds. The van der Waals surface area contributed by atoms with Gasteiger partial charge in [0.1, 0.15) is 0 Å². The molecule has 0 unspecified atom stereocenters. The topological polar surface area (TPSA) is 38.7 Å². The lowest BCUT2D eigenvalue weighted by Gasteiger charge is -2.19. The summed E-state index contributed by atoms with van der Waals surface area (Å²) >= 11 is 0. The molecule has 9 aromatic carbocycles. The molecular weight excluding hydrogens is 655 g/mol. The van der Waals surface area contributed by atoms with E-state index in [2.05, 4.69) is 176 Å². The Bertz CT molecular complexity index is 2920. The fourth-order valence-corrected chi connectivity index (χ4v) is 7.86. The highest BCUT2D eigenvalue weighted by Gasteiger charge is 2.20. The van der Waals surface area contributed by atoms with Gasteiger partial charge in [0, 0.05) is 16.7 Å². The average molecular weight is 688 g/mol. The van der Waals surface area contributed by atoms with Crippen LogP contribution >= 0.6 is 0 Å². The van der Waals surface area contributed by atoms with Crippen LogP contribution in [0.15, 0.2) is 200 Å². The molecule has 0 N–H and O–H groups in total. The van der Waals surface area contributed by atoms with Crippen LogP contribution in [0, 0.1) is 0 Å². The summed E-state index contributed by atoms with van der Waals surface area (Å²) in [7, 11) is 0. The molecule has 54 heavy (non-hydrogen) atoms. The van der Waals surface area contributed by atoms with Crippen molar-refractivity contribution in [1.29, 1.82) is 0 Å². The molecule has 3 nitrogen and oxygen atoms in total. The largest absolute Gasteiger partial charge is 0.208 e. The molecule has 0 fully saturated rings. The Morgan fingerprint density at radius 1 is 0.222 bits per heavy atom. The van der Waals surface area contributed by atoms with Crippen LogP contribution in [-0.4, -0.2) is 15.0 Å². The van der Waals surface area contributed by atoms with E-state index in [0.717, 1.165) is 38.6 Å². The monoisotopic (exact) mass is 687 g/mol. The van der Waals surface area contributed by atoms with Crippen LogP contribution in [0.3, 0.4) is 0 Å². The molecule has 0 radical (unpaired) electrons. The lowest BCUT2D eigenvalue weighted by Crippen LogP contribution is -2.01. The van der Waals surface area contributed by atoms with Crippen molar-refractivity contribution in [3.05, 3.63) is 200 Å². The van der Waals surface area contributed by atoms with Crippen molar-refractivity contribution >= 4 is 32.3 Å². The summed E-state index contributed by atoms with van der Waals surface area (Å²) < 4.78 is 0. The second-order valence-electron chi connectivity index (χ2n) is 13.5. The predicted octanol–water partition coefficient (Wildman–Crippen LogP) is 13.3. The zero-order chi connectivity index (χ0) is 35.8. The lowest BCUT2D eigenvalue weighted by atomic mass is 9.84. The van der Waals surface area contributed by atoms with Gasteiger partial charge in [0.25, 0.3) is 0 Å². The number of rotatable bonds is 6. The molecule has 1 heterocycles. The summed E-state index contributed by atoms with van der Waals surface area (Å²) in [4.78, 5) is 15.4. The van der Waals surface area contributed by atoms with Crippen molar-refractivity contribution in [2.75, 3.05) is 0 Å². The highest BCUT2D eigenvalue weighted by molar-refractivity contribution is 6.24. The van der Waals surface area contributed by atoms with Crippen LogP contribution in [0.4, 0.5) is 0 Å². The second-order valence-corrected chi connectivity index (χ2v) is 13.5. The van der Waals surface area contributed by atoms with Crippen LogP contribution in [0.1, 0.15) is 0 Å². The zero-order valence-electron chi connectivity index (χ0n) is 29.4. The van der Waals surface area contributed by atoms with Crippen LogP contribution in [-0.2, 0) is 0 Å². The van der Waals surface area contributed by atoms with E-state index in [0.29, 0.717) is 17.5 Å². The van der Waals surface area contributed by atoms with Gasteiger partial charge in [-0.05, 0) is 77.8 Å². The Morgan fingerprint density at radius 2 is 0.611 bits per heavy atom. The van der Waals surface area contributed by atoms with Crippen LogP contribution in [0.25, 0.3) is 99.9 Å². The van der Waals surface area contributed by atoms with Crippen molar-refractivity contribution in [2.45, 2.75) is 0 Å². The van der Waals surface area contributed by atoms with Gasteiger partial charge in [0.15, 0.2) is 17.5 Å². The minimum atomic E-state index is 0.637. The summed E-state index contributed by atoms with van der Waals surface area (Å²) in [6.07, 6.45) is 0. The first kappa shape index (κ1) is 31.5. The lowest BCUT2D eigenvalue weighted by molar-refractivity contribution is 1.08. The minimum Gasteiger partial charge on any atom is -0.208 e. The van der Waals surface area contributed by atoms with Crippen molar-refractivity contribution in [1.82, 2.24) is 15.0 Å². The summed E-state index contributed by atoms with van der Waals surface area (Å²) in [5.74, 6) is 1.92. The van der Waals surface area contributed by atoms with Gasteiger partial charge in [0.2, 0.25) is 0 Å². The van der Waals surface area contributed by atoms with E-state index >= 15 is 0 Å². The number of nitrogens with zero attached hydrogens (tertiary/aromatic N) is 3. The van der Waals surface area contributed by atoms with E-state index < -0.39 is 0 Å². The Hall–Kier alpha value is -7.23. The average Bonchev–Trinajstić information content (AvgIpc) is 3.26. The molecule has 0 saturated carbocycles. The van der Waals surface area contributed by atoms with Crippen molar-refractivity contribution in [3.63, 3.8) is 0 Å². The molecule has 10 aromatic rings. The zero-order valence-corrected chi connectivity index (χ0v) is 29.4. The van der Waals surface area contributed by atoms with Gasteiger partial charge in [-0.15, -0.1) is 0 Å². The standard InChI is InChI=1S/C51H33N3/c1-4-17-34(18-5-1)37-23-16-24-38(33-37)50-52-49(36-21-8-3-9-22-36)53-51(54-50)46-32-31-45(39-25-10-11-26-40(39)46)48-43-29-14-12-27-41(43)47(35-19-6-2-7-20-35)42-28-13-15-30-44(42)48/h1-33H. The smallest absolute Gasteiger partial charge is 0.164 e. The Balaban J connectivity index is 1.21. The molecule has 0 atom stereocenters. The first-order chi connectivity index (χ1) is 26.8. The number of hydrogen-bond donors (Lipinski definition) is 0. The van der Waals surface area contributed by atoms with E-state index in [9.17, 15) is 0 Å². The fraction of sp³-hybridized carbons (Fsp3) is 0. The van der Waals surface area contributed by atoms with Gasteiger partial charge in [-0.1, -0.05) is 188 Å². The van der Waals surface area contributed by atoms with Crippen molar-refractivity contribution < 1.29 is 0 Å². The number of aromatic nitrogens is 3. The molecule has 0 spiro atoms. The molecule has 0 aliphatic heterocycles. The molecule has 3 heteroatoms. The normalized spacial score (nSPS) is 11.3. The summed E-state index contributed by atoms with van der Waals surface area (Å²) in [5.41, 5.74) is 9.98. The van der Waals surface area contributed by atoms with Gasteiger partial charge in [-0.3, -0.25) is 0 Å². The number of hydrogen-bond acceptors (Lipinski definition) is 3. The van der Waals surface area contributed by atoms with Gasteiger partial charge in [-0.2, -0.15) is 0 Å². The number of benzene rings is 9. The molecule has 1 aromatic heterocycles. The Kier molecular flexibility index (Phi) is 7.81. The molecule has 252 valence electrons. The van der Waals surface area contributed by atoms with Crippen molar-refractivity contribution in [3.8, 4) is 67.5 Å². The van der Waals surface area contributed by atoms with Gasteiger partial charge >= 0.3 is 0 Å². The molecule has 0 bridgehead atoms. The maximum atomic E-state index is 5.21. The van der Waals surface area contributed by atoms with Gasteiger partial charge in [-0.25, -0.2) is 15.0 Å². The van der Waals surface area contributed by atoms with Crippen LogP contribution in [0.5, 0.6) is 0 Å². The van der Waals surface area contributed by atoms with E-state index in [1.807, 2.05) is 24.3 Å². The highest BCUT2D eigenvalue weighted by atomic mass is 15.0. The number of fused-ring (bicyclic) bond motifs is 3. The van der Waals surface area contributed by atoms with E-state index in [-0.39, 0.29) is 0 Å². The van der Waals surface area contributed by atoms with Crippen LogP contribution in [0.2, 0.25) is 0 Å². The van der Waals surface area contributed by atoms with E-state index in [1.165, 1.54) is 43.8 Å².